The van der Waals surface area contributed by atoms with Gasteiger partial charge in [-0.25, -0.2) is 9.80 Å². The first-order chi connectivity index (χ1) is 18.7. The molecule has 0 saturated heterocycles. The van der Waals surface area contributed by atoms with E-state index in [1.54, 1.807) is 42.5 Å². The zero-order chi connectivity index (χ0) is 27.6. The molecule has 4 aromatic rings. The zero-order valence-electron chi connectivity index (χ0n) is 20.9. The van der Waals surface area contributed by atoms with Gasteiger partial charge < -0.3 is 0 Å². The van der Waals surface area contributed by atoms with E-state index in [-0.39, 0.29) is 16.5 Å². The zero-order valence-corrected chi connectivity index (χ0v) is 22.4. The molecule has 8 heteroatoms. The summed E-state index contributed by atoms with van der Waals surface area (Å²) in [6.07, 6.45) is 0.577. The van der Waals surface area contributed by atoms with Crippen molar-refractivity contribution in [3.05, 3.63) is 127 Å². The van der Waals surface area contributed by atoms with Crippen LogP contribution in [0.25, 0.3) is 0 Å². The molecule has 0 spiro atoms. The fourth-order valence-corrected chi connectivity index (χ4v) is 5.71. The van der Waals surface area contributed by atoms with Gasteiger partial charge in [0, 0.05) is 5.02 Å². The lowest BCUT2D eigenvalue weighted by Crippen LogP contribution is -2.30. The smallest absolute Gasteiger partial charge is 0.267 e. The Hall–Kier alpha value is -4.26. The molecule has 2 aliphatic heterocycles. The molecular formula is C31H20Cl2N2O4. The maximum atomic E-state index is 13.0. The molecule has 0 fully saturated rings. The van der Waals surface area contributed by atoms with E-state index in [0.717, 1.165) is 22.3 Å². The Bertz CT molecular complexity index is 1780. The SMILES string of the molecule is Cc1cc(Cc2ccc(N3C(=O)c4cccc(Cl)c4C3=O)c(C)c2)ccc1N1C(=O)c2ccc(Cl)cc2C1=O. The van der Waals surface area contributed by atoms with Gasteiger partial charge in [-0.05, 0) is 85.0 Å². The highest BCUT2D eigenvalue weighted by atomic mass is 35.5. The summed E-state index contributed by atoms with van der Waals surface area (Å²) in [5.41, 5.74) is 5.72. The van der Waals surface area contributed by atoms with Crippen molar-refractivity contribution in [3.8, 4) is 0 Å². The van der Waals surface area contributed by atoms with Crippen LogP contribution in [0.3, 0.4) is 0 Å². The Morgan fingerprint density at radius 1 is 0.590 bits per heavy atom. The van der Waals surface area contributed by atoms with Gasteiger partial charge in [0.15, 0.2) is 0 Å². The summed E-state index contributed by atoms with van der Waals surface area (Å²) in [4.78, 5) is 54.3. The van der Waals surface area contributed by atoms with Crippen LogP contribution in [0.1, 0.15) is 63.7 Å². The largest absolute Gasteiger partial charge is 0.268 e. The number of anilines is 2. The van der Waals surface area contributed by atoms with Crippen molar-refractivity contribution >= 4 is 58.2 Å². The average Bonchev–Trinajstić information content (AvgIpc) is 3.29. The molecule has 39 heavy (non-hydrogen) atoms. The Labute approximate surface area is 234 Å². The maximum Gasteiger partial charge on any atom is 0.267 e. The highest BCUT2D eigenvalue weighted by Crippen LogP contribution is 2.35. The molecule has 0 radical (unpaired) electrons. The number of halogens is 2. The van der Waals surface area contributed by atoms with Crippen LogP contribution >= 0.6 is 23.2 Å². The lowest BCUT2D eigenvalue weighted by atomic mass is 9.99. The molecular weight excluding hydrogens is 535 g/mol. The third kappa shape index (κ3) is 3.95. The standard InChI is InChI=1S/C31H20Cl2N2O4/c1-16-12-18(6-10-25(16)34-28(36)21-9-8-20(32)15-23(21)30(34)38)14-19-7-11-26(17(2)13-19)35-29(37)22-4-3-5-24(33)27(22)31(35)39/h3-13,15H,14H2,1-2H3. The van der Waals surface area contributed by atoms with E-state index >= 15 is 0 Å². The Morgan fingerprint density at radius 3 is 1.74 bits per heavy atom. The number of fused-ring (bicyclic) bond motifs is 2. The van der Waals surface area contributed by atoms with Crippen LogP contribution in [0.2, 0.25) is 10.0 Å². The van der Waals surface area contributed by atoms with Crippen LogP contribution in [0.4, 0.5) is 11.4 Å². The number of benzene rings is 4. The third-order valence-electron chi connectivity index (χ3n) is 7.13. The molecule has 0 unspecified atom stereocenters. The minimum absolute atomic E-state index is 0.226. The van der Waals surface area contributed by atoms with E-state index in [9.17, 15) is 19.2 Å². The molecule has 0 atom stereocenters. The van der Waals surface area contributed by atoms with Gasteiger partial charge in [-0.1, -0.05) is 53.5 Å². The first kappa shape index (κ1) is 25.0. The van der Waals surface area contributed by atoms with Crippen LogP contribution in [0, 0.1) is 13.8 Å². The summed E-state index contributed by atoms with van der Waals surface area (Å²) < 4.78 is 0. The van der Waals surface area contributed by atoms with Gasteiger partial charge in [-0.2, -0.15) is 0 Å². The van der Waals surface area contributed by atoms with Gasteiger partial charge in [-0.3, -0.25) is 19.2 Å². The first-order valence-corrected chi connectivity index (χ1v) is 13.0. The highest BCUT2D eigenvalue weighted by molar-refractivity contribution is 6.42. The maximum absolute atomic E-state index is 13.0. The summed E-state index contributed by atoms with van der Waals surface area (Å²) in [6, 6.07) is 20.7. The predicted octanol–water partition coefficient (Wildman–Crippen LogP) is 6.80. The van der Waals surface area contributed by atoms with E-state index in [2.05, 4.69) is 0 Å². The van der Waals surface area contributed by atoms with Crippen molar-refractivity contribution in [1.82, 2.24) is 0 Å². The van der Waals surface area contributed by atoms with Crippen molar-refractivity contribution in [1.29, 1.82) is 0 Å². The van der Waals surface area contributed by atoms with E-state index in [1.165, 1.54) is 15.9 Å². The van der Waals surface area contributed by atoms with Crippen LogP contribution in [0.15, 0.2) is 72.8 Å². The number of hydrogen-bond acceptors (Lipinski definition) is 4. The molecule has 0 N–H and O–H groups in total. The van der Waals surface area contributed by atoms with E-state index < -0.39 is 17.7 Å². The Morgan fingerprint density at radius 2 is 1.15 bits per heavy atom. The minimum Gasteiger partial charge on any atom is -0.268 e. The third-order valence-corrected chi connectivity index (χ3v) is 7.68. The van der Waals surface area contributed by atoms with Crippen molar-refractivity contribution in [3.63, 3.8) is 0 Å². The summed E-state index contributed by atoms with van der Waals surface area (Å²) >= 11 is 12.2. The molecule has 2 aliphatic rings. The Balaban J connectivity index is 1.24. The topological polar surface area (TPSA) is 74.8 Å². The fraction of sp³-hybridized carbons (Fsp3) is 0.0968. The molecule has 192 valence electrons. The van der Waals surface area contributed by atoms with E-state index in [0.29, 0.717) is 39.5 Å². The van der Waals surface area contributed by atoms with Crippen LogP contribution in [-0.2, 0) is 6.42 Å². The van der Waals surface area contributed by atoms with Crippen LogP contribution in [0.5, 0.6) is 0 Å². The summed E-state index contributed by atoms with van der Waals surface area (Å²) in [5.74, 6) is -1.59. The quantitative estimate of drug-likeness (QED) is 0.260. The Kier molecular flexibility index (Phi) is 5.90. The number of imide groups is 2. The average molecular weight is 555 g/mol. The number of rotatable bonds is 4. The van der Waals surface area contributed by atoms with Gasteiger partial charge in [0.2, 0.25) is 0 Å². The van der Waals surface area contributed by atoms with Gasteiger partial charge in [0.1, 0.15) is 0 Å². The summed E-state index contributed by atoms with van der Waals surface area (Å²) in [5, 5.41) is 0.656. The number of carbonyl (C=O) groups is 4. The first-order valence-electron chi connectivity index (χ1n) is 12.2. The molecule has 0 aliphatic carbocycles. The van der Waals surface area contributed by atoms with Gasteiger partial charge in [0.25, 0.3) is 23.6 Å². The lowest BCUT2D eigenvalue weighted by molar-refractivity contribution is 0.0910. The van der Waals surface area contributed by atoms with Crippen molar-refractivity contribution in [2.75, 3.05) is 9.80 Å². The number of nitrogens with zero attached hydrogens (tertiary/aromatic N) is 2. The molecule has 4 amide bonds. The number of carbonyl (C=O) groups excluding carboxylic acids is 4. The van der Waals surface area contributed by atoms with E-state index in [1.807, 2.05) is 38.1 Å². The molecule has 2 heterocycles. The molecule has 0 bridgehead atoms. The van der Waals surface area contributed by atoms with Gasteiger partial charge in [0.05, 0.1) is 38.7 Å². The van der Waals surface area contributed by atoms with Gasteiger partial charge >= 0.3 is 0 Å². The summed E-state index contributed by atoms with van der Waals surface area (Å²) in [6.45, 7) is 3.71. The lowest BCUT2D eigenvalue weighted by Gasteiger charge is -2.19. The van der Waals surface area contributed by atoms with Gasteiger partial charge in [-0.15, -0.1) is 0 Å². The monoisotopic (exact) mass is 554 g/mol. The second-order valence-electron chi connectivity index (χ2n) is 9.66. The summed E-state index contributed by atoms with van der Waals surface area (Å²) in [7, 11) is 0. The molecule has 4 aromatic carbocycles. The normalized spacial score (nSPS) is 14.4. The van der Waals surface area contributed by atoms with E-state index in [4.69, 9.17) is 23.2 Å². The second-order valence-corrected chi connectivity index (χ2v) is 10.5. The number of amides is 4. The molecule has 0 aromatic heterocycles. The van der Waals surface area contributed by atoms with Crippen molar-refractivity contribution in [2.45, 2.75) is 20.3 Å². The second kappa shape index (κ2) is 9.19. The molecule has 6 nitrogen and oxygen atoms in total. The van der Waals surface area contributed by atoms with Crippen LogP contribution < -0.4 is 9.80 Å². The predicted molar refractivity (Wildman–Crippen MR) is 150 cm³/mol. The molecule has 6 rings (SSSR count). The van der Waals surface area contributed by atoms with Crippen molar-refractivity contribution < 1.29 is 19.2 Å². The van der Waals surface area contributed by atoms with Crippen molar-refractivity contribution in [2.24, 2.45) is 0 Å². The molecule has 0 saturated carbocycles. The number of hydrogen-bond donors (Lipinski definition) is 0. The minimum atomic E-state index is -0.432. The van der Waals surface area contributed by atoms with Crippen LogP contribution in [-0.4, -0.2) is 23.6 Å². The number of aryl methyl sites for hydroxylation is 2. The fourth-order valence-electron chi connectivity index (χ4n) is 5.29. The highest BCUT2D eigenvalue weighted by Gasteiger charge is 2.39.